The molecule has 1 fully saturated rings. The lowest BCUT2D eigenvalue weighted by Crippen LogP contribution is -2.49. The summed E-state index contributed by atoms with van der Waals surface area (Å²) in [5, 5.41) is 3.04. The minimum absolute atomic E-state index is 0.191. The van der Waals surface area contributed by atoms with Crippen molar-refractivity contribution in [1.82, 2.24) is 5.32 Å². The van der Waals surface area contributed by atoms with E-state index >= 15 is 0 Å². The van der Waals surface area contributed by atoms with Crippen molar-refractivity contribution < 1.29 is 8.42 Å². The van der Waals surface area contributed by atoms with E-state index in [-0.39, 0.29) is 11.3 Å². The highest BCUT2D eigenvalue weighted by Gasteiger charge is 2.29. The Morgan fingerprint density at radius 3 is 2.67 bits per heavy atom. The topological polar surface area (TPSA) is 46.2 Å². The third-order valence-corrected chi connectivity index (χ3v) is 4.64. The molecule has 0 bridgehead atoms. The van der Waals surface area contributed by atoms with Crippen LogP contribution >= 0.6 is 0 Å². The molecule has 0 aromatic heterocycles. The van der Waals surface area contributed by atoms with Crippen molar-refractivity contribution in [2.75, 3.05) is 12.3 Å². The lowest BCUT2D eigenvalue weighted by molar-refractivity contribution is 0.468. The Labute approximate surface area is 74.5 Å². The van der Waals surface area contributed by atoms with Gasteiger partial charge in [-0.3, -0.25) is 0 Å². The molecule has 4 heteroatoms. The molecule has 0 spiro atoms. The van der Waals surface area contributed by atoms with E-state index in [2.05, 4.69) is 12.2 Å². The molecule has 0 radical (unpaired) electrons. The standard InChI is InChI=1S/C8H17NO2S/c1-3-4-8-6-12(10,11)7(2)5-9-8/h7-9H,3-6H2,1-2H3. The van der Waals surface area contributed by atoms with Crippen molar-refractivity contribution in [3.8, 4) is 0 Å². The number of rotatable bonds is 2. The van der Waals surface area contributed by atoms with Crippen LogP contribution in [0.2, 0.25) is 0 Å². The van der Waals surface area contributed by atoms with Gasteiger partial charge in [-0.05, 0) is 13.3 Å². The van der Waals surface area contributed by atoms with Crippen LogP contribution in [0, 0.1) is 0 Å². The van der Waals surface area contributed by atoms with Crippen LogP contribution in [0.1, 0.15) is 26.7 Å². The van der Waals surface area contributed by atoms with Gasteiger partial charge in [0.25, 0.3) is 0 Å². The molecule has 2 atom stereocenters. The van der Waals surface area contributed by atoms with Crippen LogP contribution in [-0.2, 0) is 9.84 Å². The van der Waals surface area contributed by atoms with Gasteiger partial charge in [0.15, 0.2) is 9.84 Å². The molecule has 0 aromatic rings. The van der Waals surface area contributed by atoms with E-state index in [1.807, 2.05) is 0 Å². The molecule has 1 saturated heterocycles. The van der Waals surface area contributed by atoms with Gasteiger partial charge in [-0.25, -0.2) is 8.42 Å². The van der Waals surface area contributed by atoms with Crippen LogP contribution in [0.25, 0.3) is 0 Å². The number of nitrogens with one attached hydrogen (secondary N) is 1. The second-order valence-electron chi connectivity index (χ2n) is 3.53. The predicted molar refractivity (Wildman–Crippen MR) is 49.9 cm³/mol. The van der Waals surface area contributed by atoms with Crippen LogP contribution in [0.5, 0.6) is 0 Å². The van der Waals surface area contributed by atoms with E-state index in [0.29, 0.717) is 12.3 Å². The van der Waals surface area contributed by atoms with Crippen molar-refractivity contribution in [2.45, 2.75) is 38.0 Å². The van der Waals surface area contributed by atoms with E-state index in [0.717, 1.165) is 12.8 Å². The Hall–Kier alpha value is -0.0900. The molecule has 3 nitrogen and oxygen atoms in total. The van der Waals surface area contributed by atoms with Gasteiger partial charge < -0.3 is 5.32 Å². The summed E-state index contributed by atoms with van der Waals surface area (Å²) in [7, 11) is -2.80. The van der Waals surface area contributed by atoms with Gasteiger partial charge in [0.05, 0.1) is 11.0 Å². The molecule has 0 saturated carbocycles. The molecular formula is C8H17NO2S. The number of hydrogen-bond donors (Lipinski definition) is 1. The Morgan fingerprint density at radius 1 is 1.50 bits per heavy atom. The van der Waals surface area contributed by atoms with E-state index in [4.69, 9.17) is 0 Å². The first-order valence-corrected chi connectivity index (χ1v) is 6.22. The SMILES string of the molecule is CCCC1CS(=O)(=O)C(C)CN1. The fourth-order valence-electron chi connectivity index (χ4n) is 1.50. The summed E-state index contributed by atoms with van der Waals surface area (Å²) < 4.78 is 22.9. The van der Waals surface area contributed by atoms with Gasteiger partial charge >= 0.3 is 0 Å². The largest absolute Gasteiger partial charge is 0.312 e. The Kier molecular flexibility index (Phi) is 3.12. The average molecular weight is 191 g/mol. The van der Waals surface area contributed by atoms with Crippen LogP contribution in [0.15, 0.2) is 0 Å². The number of hydrogen-bond acceptors (Lipinski definition) is 3. The second kappa shape index (κ2) is 3.75. The maximum atomic E-state index is 11.4. The van der Waals surface area contributed by atoms with Gasteiger partial charge in [-0.2, -0.15) is 0 Å². The first-order chi connectivity index (χ1) is 5.56. The van der Waals surface area contributed by atoms with Crippen LogP contribution in [0.4, 0.5) is 0 Å². The molecule has 1 aliphatic heterocycles. The predicted octanol–water partition coefficient (Wildman–Crippen LogP) is 0.562. The maximum Gasteiger partial charge on any atom is 0.155 e. The monoisotopic (exact) mass is 191 g/mol. The minimum atomic E-state index is -2.80. The van der Waals surface area contributed by atoms with Crippen molar-refractivity contribution in [2.24, 2.45) is 0 Å². The zero-order chi connectivity index (χ0) is 9.19. The number of sulfone groups is 1. The molecule has 0 aliphatic carbocycles. The molecule has 1 N–H and O–H groups in total. The fourth-order valence-corrected chi connectivity index (χ4v) is 3.02. The quantitative estimate of drug-likeness (QED) is 0.694. The summed E-state index contributed by atoms with van der Waals surface area (Å²) in [6.45, 7) is 4.46. The van der Waals surface area contributed by atoms with Gasteiger partial charge in [0, 0.05) is 12.6 Å². The molecule has 1 aliphatic rings. The summed E-state index contributed by atoms with van der Waals surface area (Å²) in [6, 6.07) is 0.191. The van der Waals surface area contributed by atoms with E-state index in [1.165, 1.54) is 0 Å². The van der Waals surface area contributed by atoms with Crippen LogP contribution in [-0.4, -0.2) is 32.0 Å². The minimum Gasteiger partial charge on any atom is -0.312 e. The lowest BCUT2D eigenvalue weighted by Gasteiger charge is -2.27. The van der Waals surface area contributed by atoms with E-state index in [9.17, 15) is 8.42 Å². The maximum absolute atomic E-state index is 11.4. The van der Waals surface area contributed by atoms with Crippen molar-refractivity contribution >= 4 is 9.84 Å². The molecule has 72 valence electrons. The highest BCUT2D eigenvalue weighted by molar-refractivity contribution is 7.92. The van der Waals surface area contributed by atoms with Gasteiger partial charge in [0.1, 0.15) is 0 Å². The third kappa shape index (κ3) is 2.20. The van der Waals surface area contributed by atoms with E-state index < -0.39 is 9.84 Å². The fraction of sp³-hybridized carbons (Fsp3) is 1.00. The average Bonchev–Trinajstić information content (AvgIpc) is 1.97. The first kappa shape index (κ1) is 9.99. The molecule has 1 heterocycles. The van der Waals surface area contributed by atoms with Crippen molar-refractivity contribution in [1.29, 1.82) is 0 Å². The summed E-state index contributed by atoms with van der Waals surface area (Å²) >= 11 is 0. The van der Waals surface area contributed by atoms with Gasteiger partial charge in [-0.15, -0.1) is 0 Å². The summed E-state index contributed by atoms with van der Waals surface area (Å²) in [5.41, 5.74) is 0. The third-order valence-electron chi connectivity index (χ3n) is 2.38. The molecule has 2 unspecified atom stereocenters. The Morgan fingerprint density at radius 2 is 2.17 bits per heavy atom. The zero-order valence-electron chi connectivity index (χ0n) is 7.71. The van der Waals surface area contributed by atoms with Crippen molar-refractivity contribution in [3.05, 3.63) is 0 Å². The zero-order valence-corrected chi connectivity index (χ0v) is 8.52. The second-order valence-corrected chi connectivity index (χ2v) is 6.00. The smallest absolute Gasteiger partial charge is 0.155 e. The van der Waals surface area contributed by atoms with Gasteiger partial charge in [-0.1, -0.05) is 13.3 Å². The van der Waals surface area contributed by atoms with E-state index in [1.54, 1.807) is 6.92 Å². The molecule has 0 amide bonds. The summed E-state index contributed by atoms with van der Waals surface area (Å²) in [4.78, 5) is 0. The molecule has 1 rings (SSSR count). The summed E-state index contributed by atoms with van der Waals surface area (Å²) in [5.74, 6) is 0.321. The summed E-state index contributed by atoms with van der Waals surface area (Å²) in [6.07, 6.45) is 2.01. The lowest BCUT2D eigenvalue weighted by atomic mass is 10.2. The van der Waals surface area contributed by atoms with Crippen LogP contribution < -0.4 is 5.32 Å². The normalized spacial score (nSPS) is 34.8. The van der Waals surface area contributed by atoms with Crippen LogP contribution in [0.3, 0.4) is 0 Å². The first-order valence-electron chi connectivity index (χ1n) is 4.51. The molecule has 0 aromatic carbocycles. The molecule has 12 heavy (non-hydrogen) atoms. The molecular weight excluding hydrogens is 174 g/mol. The Bertz CT molecular complexity index is 235. The van der Waals surface area contributed by atoms with Crippen molar-refractivity contribution in [3.63, 3.8) is 0 Å². The van der Waals surface area contributed by atoms with Gasteiger partial charge in [0.2, 0.25) is 0 Å². The Balaban J connectivity index is 2.57. The highest BCUT2D eigenvalue weighted by atomic mass is 32.2. The highest BCUT2D eigenvalue weighted by Crippen LogP contribution is 2.12.